The van der Waals surface area contributed by atoms with Crippen LogP contribution < -0.4 is 10.9 Å². The number of non-ortho nitro benzene ring substituents is 1. The molecule has 184 valence electrons. The largest absolute Gasteiger partial charge is 0.325 e. The van der Waals surface area contributed by atoms with Gasteiger partial charge in [-0.1, -0.05) is 29.4 Å². The van der Waals surface area contributed by atoms with Crippen LogP contribution in [0.3, 0.4) is 0 Å². The molecule has 2 heterocycles. The number of anilines is 1. The Morgan fingerprint density at radius 3 is 2.72 bits per heavy atom. The summed E-state index contributed by atoms with van der Waals surface area (Å²) < 4.78 is 1.56. The third-order valence-electron chi connectivity index (χ3n) is 6.13. The third kappa shape index (κ3) is 4.63. The van der Waals surface area contributed by atoms with E-state index in [9.17, 15) is 19.7 Å². The van der Waals surface area contributed by atoms with Crippen LogP contribution in [0.1, 0.15) is 28.8 Å². The molecule has 1 amide bonds. The number of nitrogens with one attached hydrogen (secondary N) is 1. The number of carbonyl (C=O) groups excluding carboxylic acids is 1. The van der Waals surface area contributed by atoms with Crippen molar-refractivity contribution in [1.82, 2.24) is 9.55 Å². The Kier molecular flexibility index (Phi) is 6.83. The SMILES string of the molecule is Cc1c(Cl)cccc1-n1c(SCC(=O)Nc2ccc([N+](=O)[O-])cc2)nc2sc3c(c2c1=O)CCCC3. The summed E-state index contributed by atoms with van der Waals surface area (Å²) in [5.74, 6) is -0.317. The van der Waals surface area contributed by atoms with Crippen LogP contribution in [0.15, 0.2) is 52.4 Å². The molecule has 0 saturated carbocycles. The van der Waals surface area contributed by atoms with E-state index in [1.54, 1.807) is 28.0 Å². The molecule has 0 fully saturated rings. The minimum atomic E-state index is -0.497. The average molecular weight is 541 g/mol. The first-order chi connectivity index (χ1) is 17.3. The second-order valence-electron chi connectivity index (χ2n) is 8.45. The molecule has 11 heteroatoms. The smallest absolute Gasteiger partial charge is 0.269 e. The number of amides is 1. The van der Waals surface area contributed by atoms with E-state index in [4.69, 9.17) is 16.6 Å². The van der Waals surface area contributed by atoms with E-state index in [0.717, 1.165) is 48.6 Å². The topological polar surface area (TPSA) is 107 Å². The highest BCUT2D eigenvalue weighted by Crippen LogP contribution is 2.36. The lowest BCUT2D eigenvalue weighted by Crippen LogP contribution is -2.24. The number of thiophene rings is 1. The third-order valence-corrected chi connectivity index (χ3v) is 8.67. The van der Waals surface area contributed by atoms with Crippen LogP contribution in [0, 0.1) is 17.0 Å². The lowest BCUT2D eigenvalue weighted by atomic mass is 9.97. The summed E-state index contributed by atoms with van der Waals surface area (Å²) in [6.45, 7) is 1.85. The van der Waals surface area contributed by atoms with Gasteiger partial charge in [-0.05, 0) is 68.0 Å². The van der Waals surface area contributed by atoms with Gasteiger partial charge in [0, 0.05) is 27.7 Å². The summed E-state index contributed by atoms with van der Waals surface area (Å²) >= 11 is 9.10. The predicted molar refractivity (Wildman–Crippen MR) is 144 cm³/mol. The van der Waals surface area contributed by atoms with Gasteiger partial charge < -0.3 is 5.32 Å². The maximum absolute atomic E-state index is 13.9. The lowest BCUT2D eigenvalue weighted by Gasteiger charge is -2.16. The zero-order valence-corrected chi connectivity index (χ0v) is 21.6. The number of thioether (sulfide) groups is 1. The number of rotatable bonds is 6. The minimum Gasteiger partial charge on any atom is -0.325 e. The Balaban J connectivity index is 1.50. The molecule has 0 atom stereocenters. The monoisotopic (exact) mass is 540 g/mol. The van der Waals surface area contributed by atoms with Gasteiger partial charge in [0.05, 0.1) is 21.7 Å². The Morgan fingerprint density at radius 2 is 1.97 bits per heavy atom. The normalized spacial score (nSPS) is 12.9. The van der Waals surface area contributed by atoms with Crippen LogP contribution in [-0.2, 0) is 17.6 Å². The van der Waals surface area contributed by atoms with Gasteiger partial charge in [-0.2, -0.15) is 0 Å². The number of carbonyl (C=O) groups is 1. The number of hydrogen-bond acceptors (Lipinski definition) is 7. The van der Waals surface area contributed by atoms with Crippen molar-refractivity contribution >= 4 is 62.2 Å². The summed E-state index contributed by atoms with van der Waals surface area (Å²) in [5, 5.41) is 15.2. The molecule has 1 aliphatic rings. The van der Waals surface area contributed by atoms with Crippen LogP contribution in [0.25, 0.3) is 15.9 Å². The van der Waals surface area contributed by atoms with Crippen molar-refractivity contribution in [3.8, 4) is 5.69 Å². The molecule has 1 N–H and O–H groups in total. The van der Waals surface area contributed by atoms with Crippen molar-refractivity contribution in [2.24, 2.45) is 0 Å². The van der Waals surface area contributed by atoms with Gasteiger partial charge in [-0.25, -0.2) is 4.98 Å². The van der Waals surface area contributed by atoms with Gasteiger partial charge in [0.1, 0.15) is 4.83 Å². The van der Waals surface area contributed by atoms with E-state index in [2.05, 4.69) is 5.32 Å². The van der Waals surface area contributed by atoms with Gasteiger partial charge in [-0.3, -0.25) is 24.3 Å². The van der Waals surface area contributed by atoms with Crippen molar-refractivity contribution in [3.05, 3.63) is 84.0 Å². The van der Waals surface area contributed by atoms with Gasteiger partial charge in [0.15, 0.2) is 5.16 Å². The van der Waals surface area contributed by atoms with E-state index in [1.807, 2.05) is 13.0 Å². The molecule has 0 spiro atoms. The number of nitro groups is 1. The molecule has 0 unspecified atom stereocenters. The van der Waals surface area contributed by atoms with Crippen molar-refractivity contribution < 1.29 is 9.72 Å². The Hall–Kier alpha value is -3.21. The molecule has 2 aromatic heterocycles. The molecule has 36 heavy (non-hydrogen) atoms. The number of halogens is 1. The molecule has 0 aliphatic heterocycles. The van der Waals surface area contributed by atoms with Crippen LogP contribution in [-0.4, -0.2) is 26.1 Å². The Morgan fingerprint density at radius 1 is 1.22 bits per heavy atom. The van der Waals surface area contributed by atoms with Gasteiger partial charge >= 0.3 is 0 Å². The number of hydrogen-bond donors (Lipinski definition) is 1. The second-order valence-corrected chi connectivity index (χ2v) is 10.9. The molecule has 0 radical (unpaired) electrons. The highest BCUT2D eigenvalue weighted by atomic mass is 35.5. The summed E-state index contributed by atoms with van der Waals surface area (Å²) in [4.78, 5) is 43.7. The Labute approximate surface area is 219 Å². The first-order valence-electron chi connectivity index (χ1n) is 11.3. The summed E-state index contributed by atoms with van der Waals surface area (Å²) in [7, 11) is 0. The molecule has 4 aromatic rings. The standard InChI is InChI=1S/C25H21ClN4O4S2/c1-14-18(26)6-4-7-19(14)29-24(32)22-17-5-2-3-8-20(17)36-23(22)28-25(29)35-13-21(31)27-15-9-11-16(12-10-15)30(33)34/h4,6-7,9-12H,2-3,5,8,13H2,1H3,(H,27,31). The second kappa shape index (κ2) is 10.0. The number of fused-ring (bicyclic) bond motifs is 3. The summed E-state index contributed by atoms with van der Waals surface area (Å²) in [6, 6.07) is 11.0. The van der Waals surface area contributed by atoms with Crippen molar-refractivity contribution in [1.29, 1.82) is 0 Å². The maximum atomic E-state index is 13.9. The molecule has 0 saturated heterocycles. The number of aryl methyl sites for hydroxylation is 2. The van der Waals surface area contributed by atoms with Crippen LogP contribution in [0.2, 0.25) is 5.02 Å². The number of nitrogens with zero attached hydrogens (tertiary/aromatic N) is 3. The van der Waals surface area contributed by atoms with Crippen LogP contribution in [0.4, 0.5) is 11.4 Å². The van der Waals surface area contributed by atoms with Gasteiger partial charge in [0.25, 0.3) is 11.2 Å². The van der Waals surface area contributed by atoms with E-state index < -0.39 is 4.92 Å². The number of nitro benzene ring substituents is 1. The van der Waals surface area contributed by atoms with E-state index in [1.165, 1.54) is 29.1 Å². The molecule has 8 nitrogen and oxygen atoms in total. The maximum Gasteiger partial charge on any atom is 0.269 e. The van der Waals surface area contributed by atoms with Crippen molar-refractivity contribution in [2.75, 3.05) is 11.1 Å². The zero-order valence-electron chi connectivity index (χ0n) is 19.2. The Bertz CT molecular complexity index is 1560. The summed E-state index contributed by atoms with van der Waals surface area (Å²) in [6.07, 6.45) is 3.97. The van der Waals surface area contributed by atoms with Gasteiger partial charge in [-0.15, -0.1) is 11.3 Å². The fraction of sp³-hybridized carbons (Fsp3) is 0.240. The molecule has 1 aliphatic carbocycles. The molecular formula is C25H21ClN4O4S2. The first-order valence-corrected chi connectivity index (χ1v) is 13.5. The summed E-state index contributed by atoms with van der Waals surface area (Å²) in [5.41, 5.74) is 2.73. The highest BCUT2D eigenvalue weighted by molar-refractivity contribution is 7.99. The quantitative estimate of drug-likeness (QED) is 0.141. The fourth-order valence-electron chi connectivity index (χ4n) is 4.33. The number of benzene rings is 2. The van der Waals surface area contributed by atoms with E-state index in [0.29, 0.717) is 31.8 Å². The number of aromatic nitrogens is 2. The van der Waals surface area contributed by atoms with Crippen molar-refractivity contribution in [2.45, 2.75) is 37.8 Å². The van der Waals surface area contributed by atoms with E-state index >= 15 is 0 Å². The highest BCUT2D eigenvalue weighted by Gasteiger charge is 2.24. The van der Waals surface area contributed by atoms with Crippen LogP contribution in [0.5, 0.6) is 0 Å². The van der Waals surface area contributed by atoms with E-state index in [-0.39, 0.29) is 22.9 Å². The zero-order chi connectivity index (χ0) is 25.4. The lowest BCUT2D eigenvalue weighted by molar-refractivity contribution is -0.384. The predicted octanol–water partition coefficient (Wildman–Crippen LogP) is 5.93. The van der Waals surface area contributed by atoms with Crippen LogP contribution >= 0.6 is 34.7 Å². The molecule has 2 aromatic carbocycles. The molecule has 5 rings (SSSR count). The fourth-order valence-corrected chi connectivity index (χ4v) is 6.61. The van der Waals surface area contributed by atoms with Gasteiger partial charge in [0.2, 0.25) is 5.91 Å². The van der Waals surface area contributed by atoms with Crippen molar-refractivity contribution in [3.63, 3.8) is 0 Å². The minimum absolute atomic E-state index is 0.000360. The molecule has 0 bridgehead atoms. The average Bonchev–Trinajstić information content (AvgIpc) is 3.24. The molecular weight excluding hydrogens is 520 g/mol. The first kappa shape index (κ1) is 24.5.